The molecule has 0 fully saturated rings. The molecular weight excluding hydrogens is 452 g/mol. The largest absolute Gasteiger partial charge is 0.458 e. The Hall–Kier alpha value is -2.95. The second-order valence-corrected chi connectivity index (χ2v) is 10.4. The van der Waals surface area contributed by atoms with Gasteiger partial charge in [-0.2, -0.15) is 0 Å². The van der Waals surface area contributed by atoms with Gasteiger partial charge in [0.1, 0.15) is 17.9 Å². The average molecular weight is 493 g/mol. The lowest BCUT2D eigenvalue weighted by atomic mass is 9.69. The Bertz CT molecular complexity index is 1090. The average Bonchev–Trinajstić information content (AvgIpc) is 2.81. The highest BCUT2D eigenvalue weighted by Gasteiger charge is 2.47. The Labute approximate surface area is 215 Å². The van der Waals surface area contributed by atoms with Crippen molar-refractivity contribution in [2.24, 2.45) is 11.8 Å². The Morgan fingerprint density at radius 1 is 1.17 bits per heavy atom. The van der Waals surface area contributed by atoms with Crippen molar-refractivity contribution in [1.29, 1.82) is 0 Å². The number of hydrogen-bond acceptors (Lipinski definition) is 5. The van der Waals surface area contributed by atoms with Crippen LogP contribution in [0.4, 0.5) is 0 Å². The van der Waals surface area contributed by atoms with Crippen molar-refractivity contribution in [3.8, 4) is 0 Å². The van der Waals surface area contributed by atoms with Crippen molar-refractivity contribution in [2.75, 3.05) is 6.61 Å². The van der Waals surface area contributed by atoms with Crippen LogP contribution in [-0.2, 0) is 23.9 Å². The van der Waals surface area contributed by atoms with Gasteiger partial charge in [-0.25, -0.2) is 4.79 Å². The summed E-state index contributed by atoms with van der Waals surface area (Å²) in [4.78, 5) is 40.7. The van der Waals surface area contributed by atoms with E-state index in [2.05, 4.69) is 33.4 Å². The Kier molecular flexibility index (Phi) is 9.47. The van der Waals surface area contributed by atoms with Gasteiger partial charge in [0.05, 0.1) is 5.57 Å². The minimum Gasteiger partial charge on any atom is -0.458 e. The number of fused-ring (bicyclic) bond motifs is 2. The van der Waals surface area contributed by atoms with Crippen molar-refractivity contribution >= 4 is 17.5 Å². The summed E-state index contributed by atoms with van der Waals surface area (Å²) in [5.74, 6) is -1.34. The minimum absolute atomic E-state index is 0.0512. The van der Waals surface area contributed by atoms with E-state index in [1.807, 2.05) is 26.0 Å². The highest BCUT2D eigenvalue weighted by atomic mass is 16.5. The maximum absolute atomic E-state index is 13.8. The lowest BCUT2D eigenvalue weighted by Gasteiger charge is -2.39. The van der Waals surface area contributed by atoms with Crippen LogP contribution >= 0.6 is 0 Å². The molecule has 0 N–H and O–H groups in total. The molecule has 0 amide bonds. The Morgan fingerprint density at radius 3 is 2.61 bits per heavy atom. The number of carbonyl (C=O) groups is 3. The van der Waals surface area contributed by atoms with Crippen molar-refractivity contribution in [1.82, 2.24) is 0 Å². The summed E-state index contributed by atoms with van der Waals surface area (Å²) in [6, 6.07) is 0. The fourth-order valence-corrected chi connectivity index (χ4v) is 5.10. The molecule has 36 heavy (non-hydrogen) atoms. The summed E-state index contributed by atoms with van der Waals surface area (Å²) < 4.78 is 11.4. The van der Waals surface area contributed by atoms with Crippen LogP contribution in [0.2, 0.25) is 0 Å². The molecule has 1 heterocycles. The number of hydrogen-bond donors (Lipinski definition) is 0. The first-order valence-corrected chi connectivity index (χ1v) is 13.2. The zero-order valence-corrected chi connectivity index (χ0v) is 22.5. The van der Waals surface area contributed by atoms with Gasteiger partial charge in [-0.1, -0.05) is 55.2 Å². The van der Waals surface area contributed by atoms with Gasteiger partial charge in [-0.3, -0.25) is 9.59 Å². The van der Waals surface area contributed by atoms with Gasteiger partial charge in [0, 0.05) is 17.4 Å². The molecule has 5 heteroatoms. The van der Waals surface area contributed by atoms with E-state index in [1.165, 1.54) is 5.57 Å². The molecule has 0 saturated heterocycles. The van der Waals surface area contributed by atoms with E-state index in [4.69, 9.17) is 9.47 Å². The molecule has 0 radical (unpaired) electrons. The highest BCUT2D eigenvalue weighted by Crippen LogP contribution is 2.47. The van der Waals surface area contributed by atoms with Crippen LogP contribution < -0.4 is 0 Å². The van der Waals surface area contributed by atoms with E-state index in [9.17, 15) is 14.4 Å². The number of unbranched alkanes of at least 4 members (excludes halogenated alkanes) is 2. The van der Waals surface area contributed by atoms with Gasteiger partial charge in [0.2, 0.25) is 11.6 Å². The molecule has 3 aliphatic rings. The molecule has 2 atom stereocenters. The highest BCUT2D eigenvalue weighted by molar-refractivity contribution is 6.34. The quantitative estimate of drug-likeness (QED) is 0.108. The molecule has 0 spiro atoms. The second kappa shape index (κ2) is 12.3. The Balaban J connectivity index is 1.88. The maximum Gasteiger partial charge on any atom is 0.342 e. The molecule has 194 valence electrons. The standard InChI is InChI=1S/C31H40O5/c1-7-8-9-13-24-27(31(34)35-17-16-20(4)12-10-11-19(2)3)29(33)26-25-18-21(5)14-15-23(25)22(6)36-30(26)28(24)32/h11,16,18,23,25H,6-10,12-15,17H2,1-5H3/b20-16+/t23-,25+/m0/s1. The second-order valence-electron chi connectivity index (χ2n) is 10.4. The van der Waals surface area contributed by atoms with Crippen molar-refractivity contribution in [3.05, 3.63) is 69.8 Å². The lowest BCUT2D eigenvalue weighted by Crippen LogP contribution is -2.39. The van der Waals surface area contributed by atoms with Crippen LogP contribution in [0.3, 0.4) is 0 Å². The fourth-order valence-electron chi connectivity index (χ4n) is 5.10. The molecule has 0 unspecified atom stereocenters. The third-order valence-electron chi connectivity index (χ3n) is 7.20. The third kappa shape index (κ3) is 6.24. The zero-order valence-electron chi connectivity index (χ0n) is 22.5. The first kappa shape index (κ1) is 27.6. The van der Waals surface area contributed by atoms with Gasteiger partial charge in [0.25, 0.3) is 0 Å². The van der Waals surface area contributed by atoms with Crippen molar-refractivity contribution in [3.63, 3.8) is 0 Å². The molecule has 0 aromatic rings. The molecule has 0 aromatic heterocycles. The number of allylic oxidation sites excluding steroid dienone is 8. The Morgan fingerprint density at radius 2 is 1.92 bits per heavy atom. The van der Waals surface area contributed by atoms with Crippen LogP contribution in [0.5, 0.6) is 0 Å². The number of carbonyl (C=O) groups excluding carboxylic acids is 3. The molecule has 2 aliphatic carbocycles. The summed E-state index contributed by atoms with van der Waals surface area (Å²) in [6.45, 7) is 14.3. The molecule has 5 nitrogen and oxygen atoms in total. The van der Waals surface area contributed by atoms with Gasteiger partial charge in [-0.05, 0) is 72.3 Å². The van der Waals surface area contributed by atoms with Gasteiger partial charge >= 0.3 is 5.97 Å². The van der Waals surface area contributed by atoms with Crippen molar-refractivity contribution in [2.45, 2.75) is 86.0 Å². The first-order valence-electron chi connectivity index (χ1n) is 13.2. The van der Waals surface area contributed by atoms with E-state index >= 15 is 0 Å². The summed E-state index contributed by atoms with van der Waals surface area (Å²) in [5, 5.41) is 0. The molecule has 0 bridgehead atoms. The predicted molar refractivity (Wildman–Crippen MR) is 142 cm³/mol. The third-order valence-corrected chi connectivity index (χ3v) is 7.20. The van der Waals surface area contributed by atoms with Crippen LogP contribution in [0, 0.1) is 11.8 Å². The van der Waals surface area contributed by atoms with E-state index < -0.39 is 11.8 Å². The number of rotatable bonds is 10. The molecule has 1 aliphatic heterocycles. The monoisotopic (exact) mass is 492 g/mol. The summed E-state index contributed by atoms with van der Waals surface area (Å²) >= 11 is 0. The van der Waals surface area contributed by atoms with Gasteiger partial charge in [0.15, 0.2) is 5.76 Å². The van der Waals surface area contributed by atoms with E-state index in [-0.39, 0.29) is 46.7 Å². The number of ether oxygens (including phenoxy) is 2. The maximum atomic E-state index is 13.8. The lowest BCUT2D eigenvalue weighted by molar-refractivity contribution is -0.140. The summed E-state index contributed by atoms with van der Waals surface area (Å²) in [5.41, 5.74) is 3.93. The van der Waals surface area contributed by atoms with Crippen LogP contribution in [0.15, 0.2) is 69.8 Å². The molecular formula is C31H40O5. The number of esters is 1. The first-order chi connectivity index (χ1) is 17.1. The number of Topliss-reactive ketones (excluding diaryl/α,β-unsaturated/α-hetero) is 2. The minimum atomic E-state index is -0.725. The van der Waals surface area contributed by atoms with E-state index in [0.717, 1.165) is 49.7 Å². The molecule has 3 rings (SSSR count). The van der Waals surface area contributed by atoms with Crippen LogP contribution in [0.1, 0.15) is 86.0 Å². The predicted octanol–water partition coefficient (Wildman–Crippen LogP) is 7.02. The van der Waals surface area contributed by atoms with Gasteiger partial charge < -0.3 is 9.47 Å². The topological polar surface area (TPSA) is 69.7 Å². The fraction of sp³-hybridized carbons (Fsp3) is 0.516. The zero-order chi connectivity index (χ0) is 26.4. The van der Waals surface area contributed by atoms with Crippen LogP contribution in [-0.4, -0.2) is 24.1 Å². The number of ketones is 2. The van der Waals surface area contributed by atoms with Crippen LogP contribution in [0.25, 0.3) is 0 Å². The van der Waals surface area contributed by atoms with Crippen molar-refractivity contribution < 1.29 is 23.9 Å². The summed E-state index contributed by atoms with van der Waals surface area (Å²) in [6.07, 6.45) is 12.5. The molecule has 0 aromatic carbocycles. The SMILES string of the molecule is C=C1OC2=C(C(=O)C(C(=O)OC/C=C(\C)CCC=C(C)C)=C(CCCCC)C2=O)[C@@H]2C=C(C)CC[C@@H]12. The molecule has 0 saturated carbocycles. The van der Waals surface area contributed by atoms with E-state index in [1.54, 1.807) is 0 Å². The normalized spacial score (nSPS) is 22.1. The van der Waals surface area contributed by atoms with Gasteiger partial charge in [-0.15, -0.1) is 0 Å². The smallest absolute Gasteiger partial charge is 0.342 e. The van der Waals surface area contributed by atoms with E-state index in [0.29, 0.717) is 18.6 Å². The summed E-state index contributed by atoms with van der Waals surface area (Å²) in [7, 11) is 0.